The molecule has 1 saturated carbocycles. The van der Waals surface area contributed by atoms with Crippen LogP contribution in [0.1, 0.15) is 36.5 Å². The monoisotopic (exact) mass is 387 g/mol. The zero-order chi connectivity index (χ0) is 17.0. The van der Waals surface area contributed by atoms with Crippen molar-refractivity contribution in [1.29, 1.82) is 0 Å². The van der Waals surface area contributed by atoms with Crippen LogP contribution in [0.2, 0.25) is 0 Å². The van der Waals surface area contributed by atoms with Crippen molar-refractivity contribution in [2.75, 3.05) is 6.61 Å². The Morgan fingerprint density at radius 1 is 1.12 bits per heavy atom. The van der Waals surface area contributed by atoms with Crippen LogP contribution >= 0.6 is 15.9 Å². The maximum atomic E-state index is 12.8. The van der Waals surface area contributed by atoms with Crippen molar-refractivity contribution in [3.8, 4) is 0 Å². The third-order valence-corrected chi connectivity index (χ3v) is 5.13. The molecule has 1 amide bonds. The van der Waals surface area contributed by atoms with Gasteiger partial charge in [-0.05, 0) is 48.6 Å². The highest BCUT2D eigenvalue weighted by atomic mass is 79.9. The maximum Gasteiger partial charge on any atom is 0.230 e. The summed E-state index contributed by atoms with van der Waals surface area (Å²) in [5.74, 6) is 0.121. The van der Waals surface area contributed by atoms with E-state index in [1.54, 1.807) is 0 Å². The lowest BCUT2D eigenvalue weighted by Crippen LogP contribution is -2.34. The Morgan fingerprint density at radius 2 is 1.79 bits per heavy atom. The molecule has 126 valence electrons. The molecule has 0 bridgehead atoms. The van der Waals surface area contributed by atoms with Gasteiger partial charge in [-0.15, -0.1) is 0 Å². The highest BCUT2D eigenvalue weighted by Crippen LogP contribution is 2.48. The lowest BCUT2D eigenvalue weighted by atomic mass is 9.95. The molecule has 3 rings (SSSR count). The molecule has 0 unspecified atom stereocenters. The van der Waals surface area contributed by atoms with Gasteiger partial charge in [0.1, 0.15) is 0 Å². The predicted molar refractivity (Wildman–Crippen MR) is 98.7 cm³/mol. The third kappa shape index (κ3) is 3.70. The van der Waals surface area contributed by atoms with E-state index < -0.39 is 0 Å². The second-order valence-corrected chi connectivity index (χ2v) is 7.09. The van der Waals surface area contributed by atoms with Gasteiger partial charge in [-0.2, -0.15) is 0 Å². The number of rotatable bonds is 7. The van der Waals surface area contributed by atoms with Gasteiger partial charge in [-0.1, -0.05) is 52.3 Å². The second kappa shape index (κ2) is 7.49. The molecule has 0 aromatic heterocycles. The topological polar surface area (TPSA) is 38.3 Å². The highest BCUT2D eigenvalue weighted by molar-refractivity contribution is 9.10. The first-order valence-corrected chi connectivity index (χ1v) is 9.14. The largest absolute Gasteiger partial charge is 0.377 e. The fourth-order valence-corrected chi connectivity index (χ4v) is 3.23. The van der Waals surface area contributed by atoms with Gasteiger partial charge in [-0.3, -0.25) is 4.79 Å². The first kappa shape index (κ1) is 17.2. The van der Waals surface area contributed by atoms with E-state index >= 15 is 0 Å². The molecule has 2 aromatic carbocycles. The summed E-state index contributed by atoms with van der Waals surface area (Å²) in [5.41, 5.74) is 3.01. The molecule has 1 aliphatic carbocycles. The Morgan fingerprint density at radius 3 is 2.42 bits per heavy atom. The van der Waals surface area contributed by atoms with E-state index in [4.69, 9.17) is 4.74 Å². The van der Waals surface area contributed by atoms with Crippen LogP contribution in [0.3, 0.4) is 0 Å². The van der Waals surface area contributed by atoms with Gasteiger partial charge in [0.25, 0.3) is 0 Å². The summed E-state index contributed by atoms with van der Waals surface area (Å²) in [6.07, 6.45) is 1.84. The third-order valence-electron chi connectivity index (χ3n) is 4.60. The van der Waals surface area contributed by atoms with Crippen molar-refractivity contribution in [2.45, 2.75) is 38.3 Å². The molecule has 4 heteroatoms. The molecule has 3 nitrogen and oxygen atoms in total. The van der Waals surface area contributed by atoms with Crippen molar-refractivity contribution in [3.05, 3.63) is 69.7 Å². The summed E-state index contributed by atoms with van der Waals surface area (Å²) >= 11 is 3.45. The SMILES string of the molecule is CCOCc1ccccc1CNC(=O)C1(c2ccc(Br)cc2)CC1. The van der Waals surface area contributed by atoms with Crippen LogP contribution in [0.25, 0.3) is 0 Å². The van der Waals surface area contributed by atoms with Crippen LogP contribution in [0, 0.1) is 0 Å². The summed E-state index contributed by atoms with van der Waals surface area (Å²) in [7, 11) is 0. The van der Waals surface area contributed by atoms with Crippen LogP contribution in [0.4, 0.5) is 0 Å². The van der Waals surface area contributed by atoms with E-state index in [2.05, 4.69) is 27.3 Å². The van der Waals surface area contributed by atoms with Gasteiger partial charge in [0.15, 0.2) is 0 Å². The van der Waals surface area contributed by atoms with Crippen LogP contribution in [-0.2, 0) is 28.1 Å². The van der Waals surface area contributed by atoms with Crippen LogP contribution in [0.15, 0.2) is 53.0 Å². The van der Waals surface area contributed by atoms with Gasteiger partial charge < -0.3 is 10.1 Å². The zero-order valence-electron chi connectivity index (χ0n) is 13.8. The average molecular weight is 388 g/mol. The van der Waals surface area contributed by atoms with Crippen molar-refractivity contribution in [3.63, 3.8) is 0 Å². The minimum absolute atomic E-state index is 0.121. The maximum absolute atomic E-state index is 12.8. The standard InChI is InChI=1S/C20H22BrNO2/c1-2-24-14-16-6-4-3-5-15(16)13-22-19(23)20(11-12-20)17-7-9-18(21)10-8-17/h3-10H,2,11-14H2,1H3,(H,22,23). The number of hydrogen-bond acceptors (Lipinski definition) is 2. The molecule has 0 saturated heterocycles. The molecule has 2 aromatic rings. The molecule has 24 heavy (non-hydrogen) atoms. The Balaban J connectivity index is 1.67. The fourth-order valence-electron chi connectivity index (χ4n) is 2.97. The van der Waals surface area contributed by atoms with Crippen LogP contribution in [0.5, 0.6) is 0 Å². The average Bonchev–Trinajstić information content (AvgIpc) is 3.41. The Kier molecular flexibility index (Phi) is 5.36. The van der Waals surface area contributed by atoms with Crippen LogP contribution in [-0.4, -0.2) is 12.5 Å². The number of carbonyl (C=O) groups excluding carboxylic acids is 1. The molecule has 0 heterocycles. The minimum Gasteiger partial charge on any atom is -0.377 e. The highest BCUT2D eigenvalue weighted by Gasteiger charge is 2.51. The van der Waals surface area contributed by atoms with Crippen molar-refractivity contribution < 1.29 is 9.53 Å². The number of carbonyl (C=O) groups is 1. The molecule has 0 aliphatic heterocycles. The molecule has 1 N–H and O–H groups in total. The normalized spacial score (nSPS) is 15.1. The molecule has 0 atom stereocenters. The molecular weight excluding hydrogens is 366 g/mol. The summed E-state index contributed by atoms with van der Waals surface area (Å²) in [4.78, 5) is 12.8. The van der Waals surface area contributed by atoms with E-state index in [9.17, 15) is 4.79 Å². The van der Waals surface area contributed by atoms with Gasteiger partial charge in [0.2, 0.25) is 5.91 Å². The first-order valence-electron chi connectivity index (χ1n) is 8.34. The van der Waals surface area contributed by atoms with Gasteiger partial charge in [0, 0.05) is 17.6 Å². The zero-order valence-corrected chi connectivity index (χ0v) is 15.4. The number of halogens is 1. The van der Waals surface area contributed by atoms with Crippen molar-refractivity contribution in [1.82, 2.24) is 5.32 Å². The number of benzene rings is 2. The number of ether oxygens (including phenoxy) is 1. The summed E-state index contributed by atoms with van der Waals surface area (Å²) in [6.45, 7) is 3.80. The molecule has 0 spiro atoms. The number of hydrogen-bond donors (Lipinski definition) is 1. The molecule has 0 radical (unpaired) electrons. The number of amides is 1. The van der Waals surface area contributed by atoms with E-state index in [1.807, 2.05) is 49.4 Å². The van der Waals surface area contributed by atoms with Gasteiger partial charge in [-0.25, -0.2) is 0 Å². The van der Waals surface area contributed by atoms with E-state index in [0.29, 0.717) is 19.8 Å². The quantitative estimate of drug-likeness (QED) is 0.767. The van der Waals surface area contributed by atoms with Gasteiger partial charge in [0.05, 0.1) is 12.0 Å². The molecule has 1 fully saturated rings. The summed E-state index contributed by atoms with van der Waals surface area (Å²) in [5, 5.41) is 3.13. The van der Waals surface area contributed by atoms with E-state index in [0.717, 1.165) is 34.0 Å². The number of nitrogens with one attached hydrogen (secondary N) is 1. The predicted octanol–water partition coefficient (Wildman–Crippen LogP) is 4.33. The van der Waals surface area contributed by atoms with Crippen molar-refractivity contribution in [2.24, 2.45) is 0 Å². The summed E-state index contributed by atoms with van der Waals surface area (Å²) in [6, 6.07) is 16.2. The first-order chi connectivity index (χ1) is 11.7. The molecular formula is C20H22BrNO2. The smallest absolute Gasteiger partial charge is 0.230 e. The van der Waals surface area contributed by atoms with E-state index in [-0.39, 0.29) is 11.3 Å². The lowest BCUT2D eigenvalue weighted by Gasteiger charge is -2.17. The second-order valence-electron chi connectivity index (χ2n) is 6.18. The lowest BCUT2D eigenvalue weighted by molar-refractivity contribution is -0.123. The van der Waals surface area contributed by atoms with Crippen LogP contribution < -0.4 is 5.32 Å². The molecule has 1 aliphatic rings. The van der Waals surface area contributed by atoms with Crippen molar-refractivity contribution >= 4 is 21.8 Å². The van der Waals surface area contributed by atoms with E-state index in [1.165, 1.54) is 0 Å². The Hall–Kier alpha value is -1.65. The summed E-state index contributed by atoms with van der Waals surface area (Å²) < 4.78 is 6.54. The minimum atomic E-state index is -0.338. The Labute approximate surface area is 151 Å². The fraction of sp³-hybridized carbons (Fsp3) is 0.350. The Bertz CT molecular complexity index is 708. The van der Waals surface area contributed by atoms with Gasteiger partial charge >= 0.3 is 0 Å².